The van der Waals surface area contributed by atoms with E-state index in [1.54, 1.807) is 0 Å². The van der Waals surface area contributed by atoms with Gasteiger partial charge in [-0.15, -0.1) is 0 Å². The Balaban J connectivity index is 2.42. The van der Waals surface area contributed by atoms with Crippen molar-refractivity contribution in [2.45, 2.75) is 12.0 Å². The van der Waals surface area contributed by atoms with Crippen LogP contribution in [0.5, 0.6) is 0 Å². The molecule has 0 bridgehead atoms. The van der Waals surface area contributed by atoms with Gasteiger partial charge in [-0.1, -0.05) is 15.9 Å². The smallest absolute Gasteiger partial charge is 0.408 e. The van der Waals surface area contributed by atoms with Gasteiger partial charge in [-0.3, -0.25) is 0 Å². The average Bonchev–Trinajstić information content (AvgIpc) is 2.26. The Morgan fingerprint density at radius 3 is 2.88 bits per heavy atom. The molecule has 1 aliphatic rings. The van der Waals surface area contributed by atoms with Gasteiger partial charge in [0, 0.05) is 4.47 Å². The van der Waals surface area contributed by atoms with Crippen LogP contribution in [-0.4, -0.2) is 18.6 Å². The molecule has 0 spiro atoms. The van der Waals surface area contributed by atoms with Crippen LogP contribution in [0.25, 0.3) is 0 Å². The van der Waals surface area contributed by atoms with Crippen LogP contribution in [0.2, 0.25) is 0 Å². The van der Waals surface area contributed by atoms with Gasteiger partial charge >= 0.3 is 12.0 Å². The van der Waals surface area contributed by atoms with Crippen LogP contribution >= 0.6 is 15.9 Å². The fourth-order valence-electron chi connectivity index (χ4n) is 1.55. The van der Waals surface area contributed by atoms with Gasteiger partial charge in [-0.2, -0.15) is 0 Å². The summed E-state index contributed by atoms with van der Waals surface area (Å²) in [5.41, 5.74) is -0.0216. The van der Waals surface area contributed by atoms with E-state index in [2.05, 4.69) is 20.7 Å². The number of alkyl carbamates (subject to hydrolysis) is 1. The van der Waals surface area contributed by atoms with Crippen molar-refractivity contribution in [3.63, 3.8) is 0 Å². The van der Waals surface area contributed by atoms with Crippen molar-refractivity contribution in [3.8, 4) is 0 Å². The van der Waals surface area contributed by atoms with Crippen LogP contribution in [0.1, 0.15) is 11.6 Å². The molecule has 1 fully saturated rings. The lowest BCUT2D eigenvalue weighted by molar-refractivity contribution is -0.104. The van der Waals surface area contributed by atoms with Gasteiger partial charge in [0.05, 0.1) is 0 Å². The molecule has 0 aromatic heterocycles. The van der Waals surface area contributed by atoms with Crippen LogP contribution in [0.15, 0.2) is 22.7 Å². The van der Waals surface area contributed by atoms with Crippen LogP contribution in [0.4, 0.5) is 18.0 Å². The van der Waals surface area contributed by atoms with Crippen molar-refractivity contribution in [3.05, 3.63) is 34.1 Å². The molecule has 1 amide bonds. The van der Waals surface area contributed by atoms with E-state index in [9.17, 15) is 18.0 Å². The second kappa shape index (κ2) is 4.21. The highest BCUT2D eigenvalue weighted by molar-refractivity contribution is 9.10. The van der Waals surface area contributed by atoms with Gasteiger partial charge in [0.25, 0.3) is 0 Å². The molecule has 7 heteroatoms. The van der Waals surface area contributed by atoms with Gasteiger partial charge in [-0.25, -0.2) is 18.0 Å². The summed E-state index contributed by atoms with van der Waals surface area (Å²) in [5, 5.41) is 1.98. The van der Waals surface area contributed by atoms with Gasteiger partial charge < -0.3 is 10.1 Å². The van der Waals surface area contributed by atoms with Crippen molar-refractivity contribution in [1.29, 1.82) is 0 Å². The largest absolute Gasteiger partial charge is 0.443 e. The number of nitrogens with one attached hydrogen (secondary N) is 1. The maximum atomic E-state index is 13.6. The molecular weight excluding hydrogens is 303 g/mol. The minimum absolute atomic E-state index is 0.0216. The van der Waals surface area contributed by atoms with E-state index in [-0.39, 0.29) is 5.56 Å². The lowest BCUT2D eigenvalue weighted by Crippen LogP contribution is -2.49. The number of cyclic esters (lactones) is 1. The first-order chi connectivity index (χ1) is 7.90. The molecule has 92 valence electrons. The maximum Gasteiger partial charge on any atom is 0.408 e. The average molecular weight is 310 g/mol. The molecule has 17 heavy (non-hydrogen) atoms. The number of halogens is 4. The highest BCUT2D eigenvalue weighted by Gasteiger charge is 2.47. The van der Waals surface area contributed by atoms with Crippen LogP contribution in [0.3, 0.4) is 0 Å². The Morgan fingerprint density at radius 2 is 2.18 bits per heavy atom. The molecule has 1 N–H and O–H groups in total. The molecule has 1 aliphatic heterocycles. The molecule has 1 aromatic carbocycles. The third kappa shape index (κ3) is 2.38. The summed E-state index contributed by atoms with van der Waals surface area (Å²) in [7, 11) is 0. The van der Waals surface area contributed by atoms with E-state index in [0.717, 1.165) is 12.1 Å². The first-order valence-corrected chi connectivity index (χ1v) is 5.45. The van der Waals surface area contributed by atoms with Crippen LogP contribution in [-0.2, 0) is 4.74 Å². The quantitative estimate of drug-likeness (QED) is 0.866. The number of hydrogen-bond donors (Lipinski definition) is 1. The van der Waals surface area contributed by atoms with Crippen molar-refractivity contribution in [2.75, 3.05) is 6.61 Å². The van der Waals surface area contributed by atoms with Crippen molar-refractivity contribution in [2.24, 2.45) is 0 Å². The lowest BCUT2D eigenvalue weighted by atomic mass is 10.00. The number of alkyl halides is 2. The van der Waals surface area contributed by atoms with E-state index < -0.39 is 30.5 Å². The van der Waals surface area contributed by atoms with Crippen LogP contribution < -0.4 is 5.32 Å². The zero-order valence-electron chi connectivity index (χ0n) is 8.34. The number of amides is 1. The van der Waals surface area contributed by atoms with Gasteiger partial charge in [-0.05, 0) is 23.8 Å². The van der Waals surface area contributed by atoms with Gasteiger partial charge in [0.1, 0.15) is 11.9 Å². The predicted molar refractivity (Wildman–Crippen MR) is 56.3 cm³/mol. The predicted octanol–water partition coefficient (Wildman–Crippen LogP) is 3.00. The fraction of sp³-hybridized carbons (Fsp3) is 0.300. The monoisotopic (exact) mass is 309 g/mol. The highest BCUT2D eigenvalue weighted by Crippen LogP contribution is 2.37. The van der Waals surface area contributed by atoms with E-state index in [4.69, 9.17) is 0 Å². The molecule has 0 radical (unpaired) electrons. The normalized spacial score (nSPS) is 22.8. The second-order valence-corrected chi connectivity index (χ2v) is 4.43. The number of carbonyl (C=O) groups is 1. The van der Waals surface area contributed by atoms with E-state index in [1.165, 1.54) is 6.07 Å². The maximum absolute atomic E-state index is 13.6. The van der Waals surface area contributed by atoms with Crippen molar-refractivity contribution < 1.29 is 22.7 Å². The number of carbonyl (C=O) groups excluding carboxylic acids is 1. The van der Waals surface area contributed by atoms with Crippen molar-refractivity contribution in [1.82, 2.24) is 5.32 Å². The summed E-state index contributed by atoms with van der Waals surface area (Å²) < 4.78 is 44.7. The van der Waals surface area contributed by atoms with Gasteiger partial charge in [0.15, 0.2) is 6.61 Å². The third-order valence-corrected chi connectivity index (χ3v) is 3.07. The number of rotatable bonds is 1. The summed E-state index contributed by atoms with van der Waals surface area (Å²) in [6, 6.07) is 1.79. The topological polar surface area (TPSA) is 38.3 Å². The Labute approximate surface area is 103 Å². The number of hydrogen-bond acceptors (Lipinski definition) is 2. The molecule has 0 aliphatic carbocycles. The highest BCUT2D eigenvalue weighted by atomic mass is 79.9. The molecular formula is C10H7BrF3NO2. The molecule has 3 nitrogen and oxygen atoms in total. The summed E-state index contributed by atoms with van der Waals surface area (Å²) >= 11 is 3.05. The molecule has 1 heterocycles. The Hall–Kier alpha value is -1.24. The summed E-state index contributed by atoms with van der Waals surface area (Å²) in [6.45, 7) is -1.02. The Morgan fingerprint density at radius 1 is 1.47 bits per heavy atom. The summed E-state index contributed by atoms with van der Waals surface area (Å²) in [5.74, 6) is -3.94. The van der Waals surface area contributed by atoms with Crippen LogP contribution in [0, 0.1) is 5.82 Å². The molecule has 1 saturated heterocycles. The summed E-state index contributed by atoms with van der Waals surface area (Å²) in [6.07, 6.45) is -0.947. The molecule has 1 aromatic rings. The van der Waals surface area contributed by atoms with Crippen molar-refractivity contribution >= 4 is 22.0 Å². The zero-order valence-corrected chi connectivity index (χ0v) is 9.93. The number of benzene rings is 1. The molecule has 2 rings (SSSR count). The first kappa shape index (κ1) is 12.2. The standard InChI is InChI=1S/C10H7BrF3NO2/c11-7-2-1-5(12)3-6(7)8-10(13,14)4-17-9(16)15-8/h1-3,8H,4H2,(H,15,16)/t8-/m1/s1. The van der Waals surface area contributed by atoms with E-state index in [1.807, 2.05) is 5.32 Å². The number of ether oxygens (including phenoxy) is 1. The molecule has 0 unspecified atom stereocenters. The van der Waals surface area contributed by atoms with E-state index >= 15 is 0 Å². The first-order valence-electron chi connectivity index (χ1n) is 4.66. The Bertz CT molecular complexity index is 467. The lowest BCUT2D eigenvalue weighted by Gasteiger charge is -2.32. The molecule has 0 saturated carbocycles. The minimum atomic E-state index is -3.29. The molecule has 1 atom stereocenters. The SMILES string of the molecule is O=C1N[C@H](c2cc(F)ccc2Br)C(F)(F)CO1. The van der Waals surface area contributed by atoms with Gasteiger partial charge in [0.2, 0.25) is 0 Å². The minimum Gasteiger partial charge on any atom is -0.443 e. The zero-order chi connectivity index (χ0) is 12.6. The second-order valence-electron chi connectivity index (χ2n) is 3.58. The summed E-state index contributed by atoms with van der Waals surface area (Å²) in [4.78, 5) is 11.0. The Kier molecular flexibility index (Phi) is 3.03. The van der Waals surface area contributed by atoms with E-state index in [0.29, 0.717) is 4.47 Å². The fourth-order valence-corrected chi connectivity index (χ4v) is 2.03. The third-order valence-electron chi connectivity index (χ3n) is 2.35.